The Kier molecular flexibility index (Phi) is 6.09. The first-order valence-electron chi connectivity index (χ1n) is 8.85. The third-order valence-electron chi connectivity index (χ3n) is 4.57. The Labute approximate surface area is 153 Å². The molecule has 1 aromatic rings. The van der Waals surface area contributed by atoms with Crippen LogP contribution in [0.1, 0.15) is 37.3 Å². The second kappa shape index (κ2) is 8.49. The second-order valence-electron chi connectivity index (χ2n) is 6.50. The molecule has 1 amide bonds. The summed E-state index contributed by atoms with van der Waals surface area (Å²) in [5.41, 5.74) is 7.98. The minimum Gasteiger partial charge on any atom is -0.481 e. The van der Waals surface area contributed by atoms with E-state index < -0.39 is 6.10 Å². The Bertz CT molecular complexity index is 632. The van der Waals surface area contributed by atoms with E-state index in [2.05, 4.69) is 22.2 Å². The van der Waals surface area contributed by atoms with Gasteiger partial charge in [-0.3, -0.25) is 15.6 Å². The van der Waals surface area contributed by atoms with Crippen molar-refractivity contribution in [3.63, 3.8) is 0 Å². The molecule has 1 saturated heterocycles. The van der Waals surface area contributed by atoms with E-state index in [4.69, 9.17) is 21.7 Å². The number of hydrazine groups is 1. The summed E-state index contributed by atoms with van der Waals surface area (Å²) in [5.74, 6) is 0.448. The maximum atomic E-state index is 12.1. The number of fused-ring (bicyclic) bond motifs is 1. The van der Waals surface area contributed by atoms with Crippen LogP contribution in [-0.2, 0) is 22.4 Å². The Morgan fingerprint density at radius 2 is 2.16 bits per heavy atom. The SMILES string of the molecule is CC(Oc1ccc2c(c1)CCC2)C(=O)NNC(=S)NCC1CCCO1. The normalized spacial score (nSPS) is 19.8. The Morgan fingerprint density at radius 1 is 1.32 bits per heavy atom. The predicted molar refractivity (Wildman–Crippen MR) is 99.4 cm³/mol. The van der Waals surface area contributed by atoms with Crippen LogP contribution in [0.15, 0.2) is 18.2 Å². The number of hydrogen-bond acceptors (Lipinski definition) is 4. The number of amides is 1. The smallest absolute Gasteiger partial charge is 0.279 e. The van der Waals surface area contributed by atoms with E-state index in [1.807, 2.05) is 12.1 Å². The lowest BCUT2D eigenvalue weighted by molar-refractivity contribution is -0.127. The number of thiocarbonyl (C=S) groups is 1. The van der Waals surface area contributed by atoms with Gasteiger partial charge in [-0.2, -0.15) is 0 Å². The van der Waals surface area contributed by atoms with Gasteiger partial charge in [0.1, 0.15) is 5.75 Å². The molecule has 6 nitrogen and oxygen atoms in total. The fourth-order valence-corrected chi connectivity index (χ4v) is 3.29. The van der Waals surface area contributed by atoms with Crippen LogP contribution in [0.4, 0.5) is 0 Å². The van der Waals surface area contributed by atoms with Crippen LogP contribution in [0.25, 0.3) is 0 Å². The molecule has 1 heterocycles. The van der Waals surface area contributed by atoms with Gasteiger partial charge in [-0.15, -0.1) is 0 Å². The molecule has 0 radical (unpaired) electrons. The number of carbonyl (C=O) groups is 1. The number of nitrogens with one attached hydrogen (secondary N) is 3. The highest BCUT2D eigenvalue weighted by Gasteiger charge is 2.18. The number of carbonyl (C=O) groups excluding carboxylic acids is 1. The molecule has 0 saturated carbocycles. The van der Waals surface area contributed by atoms with Gasteiger partial charge in [-0.25, -0.2) is 0 Å². The van der Waals surface area contributed by atoms with Crippen LogP contribution in [0.5, 0.6) is 5.75 Å². The average molecular weight is 363 g/mol. The van der Waals surface area contributed by atoms with Gasteiger partial charge in [0.05, 0.1) is 6.10 Å². The molecule has 2 aliphatic rings. The van der Waals surface area contributed by atoms with Gasteiger partial charge in [-0.1, -0.05) is 6.07 Å². The first kappa shape index (κ1) is 17.9. The highest BCUT2D eigenvalue weighted by atomic mass is 32.1. The third-order valence-corrected chi connectivity index (χ3v) is 4.81. The van der Waals surface area contributed by atoms with Gasteiger partial charge in [0.25, 0.3) is 5.91 Å². The minimum absolute atomic E-state index is 0.192. The van der Waals surface area contributed by atoms with Gasteiger partial charge in [0.2, 0.25) is 0 Å². The molecule has 1 aliphatic heterocycles. The Morgan fingerprint density at radius 3 is 2.96 bits per heavy atom. The van der Waals surface area contributed by atoms with Crippen molar-refractivity contribution in [1.29, 1.82) is 0 Å². The van der Waals surface area contributed by atoms with E-state index >= 15 is 0 Å². The van der Waals surface area contributed by atoms with E-state index in [-0.39, 0.29) is 12.0 Å². The number of aryl methyl sites for hydroxylation is 2. The van der Waals surface area contributed by atoms with Crippen LogP contribution < -0.4 is 20.9 Å². The Hall–Kier alpha value is -1.86. The maximum Gasteiger partial charge on any atom is 0.279 e. The van der Waals surface area contributed by atoms with Crippen molar-refractivity contribution in [2.45, 2.75) is 51.2 Å². The summed E-state index contributed by atoms with van der Waals surface area (Å²) in [7, 11) is 0. The first-order chi connectivity index (χ1) is 12.1. The van der Waals surface area contributed by atoms with Crippen molar-refractivity contribution in [2.24, 2.45) is 0 Å². The van der Waals surface area contributed by atoms with E-state index in [1.165, 1.54) is 17.5 Å². The van der Waals surface area contributed by atoms with E-state index in [0.717, 1.165) is 38.0 Å². The zero-order valence-electron chi connectivity index (χ0n) is 14.5. The van der Waals surface area contributed by atoms with Crippen LogP contribution in [0.2, 0.25) is 0 Å². The van der Waals surface area contributed by atoms with Crippen LogP contribution >= 0.6 is 12.2 Å². The summed E-state index contributed by atoms with van der Waals surface area (Å²) in [6, 6.07) is 6.05. The van der Waals surface area contributed by atoms with Crippen molar-refractivity contribution in [3.05, 3.63) is 29.3 Å². The summed E-state index contributed by atoms with van der Waals surface area (Å²) >= 11 is 5.14. The molecule has 7 heteroatoms. The predicted octanol–water partition coefficient (Wildman–Crippen LogP) is 1.62. The number of hydrogen-bond donors (Lipinski definition) is 3. The average Bonchev–Trinajstić information content (AvgIpc) is 3.28. The lowest BCUT2D eigenvalue weighted by Gasteiger charge is -2.18. The largest absolute Gasteiger partial charge is 0.481 e. The minimum atomic E-state index is -0.618. The molecule has 1 aliphatic carbocycles. The molecule has 25 heavy (non-hydrogen) atoms. The summed E-state index contributed by atoms with van der Waals surface area (Å²) < 4.78 is 11.2. The fourth-order valence-electron chi connectivity index (χ4n) is 3.16. The van der Waals surface area contributed by atoms with Gasteiger partial charge in [0.15, 0.2) is 11.2 Å². The summed E-state index contributed by atoms with van der Waals surface area (Å²) in [4.78, 5) is 12.1. The maximum absolute atomic E-state index is 12.1. The Balaban J connectivity index is 1.39. The number of benzene rings is 1. The van der Waals surface area contributed by atoms with Gasteiger partial charge in [-0.05, 0) is 74.5 Å². The lowest BCUT2D eigenvalue weighted by atomic mass is 10.1. The summed E-state index contributed by atoms with van der Waals surface area (Å²) in [6.07, 6.45) is 5.10. The van der Waals surface area contributed by atoms with Crippen molar-refractivity contribution < 1.29 is 14.3 Å². The fraction of sp³-hybridized carbons (Fsp3) is 0.556. The van der Waals surface area contributed by atoms with Crippen molar-refractivity contribution in [3.8, 4) is 5.75 Å². The highest BCUT2D eigenvalue weighted by Crippen LogP contribution is 2.26. The highest BCUT2D eigenvalue weighted by molar-refractivity contribution is 7.80. The zero-order valence-corrected chi connectivity index (χ0v) is 15.3. The molecular weight excluding hydrogens is 338 g/mol. The molecule has 3 rings (SSSR count). The van der Waals surface area contributed by atoms with Gasteiger partial charge < -0.3 is 14.8 Å². The van der Waals surface area contributed by atoms with E-state index in [9.17, 15) is 4.79 Å². The molecule has 0 bridgehead atoms. The quantitative estimate of drug-likeness (QED) is 0.545. The van der Waals surface area contributed by atoms with Crippen LogP contribution in [-0.4, -0.2) is 36.4 Å². The molecule has 1 aromatic carbocycles. The standard InChI is InChI=1S/C18H25N3O3S/c1-12(24-15-8-7-13-4-2-5-14(13)10-15)17(22)20-21-18(25)19-11-16-6-3-9-23-16/h7-8,10,12,16H,2-6,9,11H2,1H3,(H,20,22)(H2,19,21,25). The van der Waals surface area contributed by atoms with Crippen molar-refractivity contribution in [2.75, 3.05) is 13.2 Å². The van der Waals surface area contributed by atoms with Crippen LogP contribution in [0, 0.1) is 0 Å². The molecule has 0 aromatic heterocycles. The number of ether oxygens (including phenoxy) is 2. The second-order valence-corrected chi connectivity index (χ2v) is 6.91. The van der Waals surface area contributed by atoms with Crippen LogP contribution in [0.3, 0.4) is 0 Å². The molecule has 3 N–H and O–H groups in total. The molecule has 0 spiro atoms. The summed E-state index contributed by atoms with van der Waals surface area (Å²) in [5, 5.41) is 3.41. The topological polar surface area (TPSA) is 71.6 Å². The molecular formula is C18H25N3O3S. The molecule has 136 valence electrons. The lowest BCUT2D eigenvalue weighted by Crippen LogP contribution is -2.51. The third kappa shape index (κ3) is 5.06. The first-order valence-corrected chi connectivity index (χ1v) is 9.26. The zero-order chi connectivity index (χ0) is 17.6. The molecule has 2 atom stereocenters. The van der Waals surface area contributed by atoms with Gasteiger partial charge in [0, 0.05) is 13.2 Å². The van der Waals surface area contributed by atoms with E-state index in [1.54, 1.807) is 6.92 Å². The van der Waals surface area contributed by atoms with E-state index in [0.29, 0.717) is 11.7 Å². The van der Waals surface area contributed by atoms with Crippen molar-refractivity contribution >= 4 is 23.2 Å². The number of rotatable bonds is 5. The molecule has 2 unspecified atom stereocenters. The van der Waals surface area contributed by atoms with Crippen molar-refractivity contribution in [1.82, 2.24) is 16.2 Å². The summed E-state index contributed by atoms with van der Waals surface area (Å²) in [6.45, 7) is 3.16. The monoisotopic (exact) mass is 363 g/mol. The van der Waals surface area contributed by atoms with Gasteiger partial charge >= 0.3 is 0 Å². The molecule has 1 fully saturated rings.